The largest absolute Gasteiger partial charge is 0.444 e. The minimum absolute atomic E-state index is 0.144. The summed E-state index contributed by atoms with van der Waals surface area (Å²) in [5.74, 6) is -0.463. The van der Waals surface area contributed by atoms with Gasteiger partial charge in [0.2, 0.25) is 0 Å². The fourth-order valence-corrected chi connectivity index (χ4v) is 5.34. The number of carbonyl (C=O) groups excluding carboxylic acids is 2. The Morgan fingerprint density at radius 1 is 1.06 bits per heavy atom. The van der Waals surface area contributed by atoms with E-state index in [1.165, 1.54) is 24.0 Å². The van der Waals surface area contributed by atoms with E-state index in [-0.39, 0.29) is 22.8 Å². The Balaban J connectivity index is 1.18. The molecule has 1 amide bonds. The van der Waals surface area contributed by atoms with Crippen molar-refractivity contribution in [3.8, 4) is 16.9 Å². The first-order chi connectivity index (χ1) is 21.9. The molecule has 14 nitrogen and oxygen atoms in total. The van der Waals surface area contributed by atoms with E-state index in [2.05, 4.69) is 5.10 Å². The van der Waals surface area contributed by atoms with Crippen LogP contribution in [0, 0.1) is 12.3 Å². The van der Waals surface area contributed by atoms with Crippen LogP contribution in [-0.4, -0.2) is 65.7 Å². The van der Waals surface area contributed by atoms with Crippen LogP contribution in [0.5, 0.6) is 0 Å². The van der Waals surface area contributed by atoms with Gasteiger partial charge in [0.15, 0.2) is 5.69 Å². The number of halogens is 3. The van der Waals surface area contributed by atoms with Gasteiger partial charge in [0.05, 0.1) is 28.2 Å². The lowest BCUT2D eigenvalue weighted by atomic mass is 9.97. The molecule has 0 aliphatic carbocycles. The number of alkyl halides is 3. The zero-order valence-corrected chi connectivity index (χ0v) is 26.8. The number of ether oxygens (including phenoxy) is 2. The van der Waals surface area contributed by atoms with Crippen LogP contribution in [-0.2, 0) is 30.5 Å². The summed E-state index contributed by atoms with van der Waals surface area (Å²) in [6, 6.07) is 12.6. The first-order valence-electron chi connectivity index (χ1n) is 14.4. The number of aryl methyl sites for hydroxylation is 1. The molecule has 0 radical (unpaired) electrons. The standard InChI is InChI=1S/C29H33F3N6O8S/c1-18-6-8-20(9-7-18)24-16-25(29(30,31)32)33-36(24)21-10-12-23(13-11-21)47(41,42)34-27(40)44-22-14-15-35(17-22)37-38(46-37)45-19(2)43-26(39)28(3,4)5/h6-13,16,19,22H,14-15,17H2,1-5H3,(H,34,40). The van der Waals surface area contributed by atoms with Gasteiger partial charge in [-0.1, -0.05) is 29.8 Å². The van der Waals surface area contributed by atoms with Crippen molar-refractivity contribution in [2.75, 3.05) is 18.1 Å². The fourth-order valence-electron chi connectivity index (χ4n) is 4.46. The van der Waals surface area contributed by atoms with Crippen LogP contribution in [0.3, 0.4) is 0 Å². The summed E-state index contributed by atoms with van der Waals surface area (Å²) >= 11 is 0. The molecule has 2 unspecified atom stereocenters. The zero-order chi connectivity index (χ0) is 34.3. The van der Waals surface area contributed by atoms with Crippen molar-refractivity contribution in [3.63, 3.8) is 0 Å². The molecule has 47 heavy (non-hydrogen) atoms. The third-order valence-corrected chi connectivity index (χ3v) is 8.31. The molecule has 254 valence electrons. The molecule has 5 rings (SSSR count). The van der Waals surface area contributed by atoms with Crippen LogP contribution in [0.2, 0.25) is 0 Å². The second kappa shape index (κ2) is 12.4. The Bertz CT molecular complexity index is 1830. The summed E-state index contributed by atoms with van der Waals surface area (Å²) < 4.78 is 85.0. The summed E-state index contributed by atoms with van der Waals surface area (Å²) in [5, 5.41) is 6.31. The van der Waals surface area contributed by atoms with E-state index in [0.717, 1.165) is 33.5 Å². The number of benzene rings is 2. The Morgan fingerprint density at radius 2 is 1.72 bits per heavy atom. The molecule has 2 aromatic heterocycles. The molecule has 2 atom stereocenters. The van der Waals surface area contributed by atoms with Gasteiger partial charge in [-0.3, -0.25) is 9.80 Å². The summed E-state index contributed by atoms with van der Waals surface area (Å²) in [7, 11) is -4.40. The normalized spacial score (nSPS) is 16.3. The molecule has 0 saturated carbocycles. The molecule has 3 heterocycles. The van der Waals surface area contributed by atoms with Crippen molar-refractivity contribution in [2.45, 2.75) is 64.5 Å². The lowest BCUT2D eigenvalue weighted by molar-refractivity contribution is -0.189. The monoisotopic (exact) mass is 682 g/mol. The Morgan fingerprint density at radius 3 is 2.34 bits per heavy atom. The minimum Gasteiger partial charge on any atom is -0.444 e. The van der Waals surface area contributed by atoms with Gasteiger partial charge in [0.1, 0.15) is 11.1 Å². The summed E-state index contributed by atoms with van der Waals surface area (Å²) in [6.07, 6.45) is -7.22. The molecule has 1 aliphatic heterocycles. The number of amides is 1. The fraction of sp³-hybridized carbons (Fsp3) is 0.414. The maximum absolute atomic E-state index is 13.5. The topological polar surface area (TPSA) is 152 Å². The Kier molecular flexibility index (Phi) is 8.83. The highest BCUT2D eigenvalue weighted by Crippen LogP contribution is 2.33. The lowest BCUT2D eigenvalue weighted by Crippen LogP contribution is -2.37. The van der Waals surface area contributed by atoms with Crippen molar-refractivity contribution < 1.29 is 50.1 Å². The van der Waals surface area contributed by atoms with Gasteiger partial charge < -0.3 is 14.3 Å². The minimum atomic E-state index is -4.70. The van der Waals surface area contributed by atoms with E-state index in [1.807, 2.05) is 11.6 Å². The van der Waals surface area contributed by atoms with Crippen molar-refractivity contribution in [1.29, 1.82) is 0 Å². The van der Waals surface area contributed by atoms with E-state index in [1.54, 1.807) is 50.0 Å². The molecule has 1 saturated heterocycles. The second-order valence-corrected chi connectivity index (χ2v) is 13.6. The average molecular weight is 683 g/mol. The number of esters is 1. The highest BCUT2D eigenvalue weighted by Gasteiger charge is 2.36. The van der Waals surface area contributed by atoms with Crippen LogP contribution in [0.4, 0.5) is 18.0 Å². The van der Waals surface area contributed by atoms with Crippen molar-refractivity contribution >= 4 is 22.1 Å². The average Bonchev–Trinajstić information content (AvgIpc) is 3.34. The molecule has 18 heteroatoms. The third kappa shape index (κ3) is 7.93. The number of nitrogens with one attached hydrogen (secondary N) is 1. The Hall–Kier alpha value is -4.87. The first-order valence-corrected chi connectivity index (χ1v) is 15.9. The van der Waals surface area contributed by atoms with E-state index >= 15 is 0 Å². The lowest BCUT2D eigenvalue weighted by Gasteiger charge is -2.19. The molecule has 2 aromatic carbocycles. The second-order valence-electron chi connectivity index (χ2n) is 11.9. The zero-order valence-electron chi connectivity index (χ0n) is 26.0. The number of hydrogen-bond acceptors (Lipinski definition) is 10. The number of nitrogens with zero attached hydrogens (tertiary/aromatic N) is 5. The van der Waals surface area contributed by atoms with E-state index in [0.29, 0.717) is 18.5 Å². The SMILES string of the molecule is Cc1ccc(-c2cc(C(F)(F)F)nn2-c2ccc(S(=O)(=O)NC(=O)OC3CCN(n4on4OC(C)OC(=O)C(C)(C)C)C3)cc2)cc1. The molecule has 0 bridgehead atoms. The van der Waals surface area contributed by atoms with Crippen LogP contribution in [0.25, 0.3) is 16.9 Å². The van der Waals surface area contributed by atoms with Gasteiger partial charge >= 0.3 is 18.2 Å². The number of aromatic nitrogens is 4. The molecule has 0 spiro atoms. The third-order valence-electron chi connectivity index (χ3n) is 6.98. The molecule has 1 fully saturated rings. The van der Waals surface area contributed by atoms with Crippen LogP contribution in [0.1, 0.15) is 45.4 Å². The highest BCUT2D eigenvalue weighted by molar-refractivity contribution is 7.90. The van der Waals surface area contributed by atoms with Crippen molar-refractivity contribution in [3.05, 3.63) is 65.9 Å². The van der Waals surface area contributed by atoms with Gasteiger partial charge in [-0.15, -0.1) is 0 Å². The molecule has 4 aromatic rings. The molecule has 1 N–H and O–H groups in total. The maximum atomic E-state index is 13.5. The van der Waals surface area contributed by atoms with E-state index in [4.69, 9.17) is 18.9 Å². The van der Waals surface area contributed by atoms with Gasteiger partial charge in [-0.25, -0.2) is 22.6 Å². The number of rotatable bonds is 9. The smallest absolute Gasteiger partial charge is 0.435 e. The number of sulfonamides is 1. The van der Waals surface area contributed by atoms with Gasteiger partial charge in [-0.2, -0.15) is 22.9 Å². The van der Waals surface area contributed by atoms with Gasteiger partial charge in [-0.05, 0) is 58.0 Å². The van der Waals surface area contributed by atoms with E-state index < -0.39 is 51.8 Å². The van der Waals surface area contributed by atoms with Crippen molar-refractivity contribution in [1.82, 2.24) is 24.5 Å². The van der Waals surface area contributed by atoms with Crippen LogP contribution >= 0.6 is 0 Å². The van der Waals surface area contributed by atoms with Crippen LogP contribution in [0.15, 0.2) is 64.1 Å². The highest BCUT2D eigenvalue weighted by atomic mass is 32.2. The van der Waals surface area contributed by atoms with E-state index in [9.17, 15) is 31.2 Å². The summed E-state index contributed by atoms with van der Waals surface area (Å²) in [4.78, 5) is 30.8. The maximum Gasteiger partial charge on any atom is 0.435 e. The molecule has 1 aliphatic rings. The number of hydrogen-bond donors (Lipinski definition) is 1. The number of carbonyl (C=O) groups is 2. The van der Waals surface area contributed by atoms with Crippen LogP contribution < -0.4 is 14.6 Å². The summed E-state index contributed by atoms with van der Waals surface area (Å²) in [6.45, 7) is 8.98. The first kappa shape index (κ1) is 33.5. The summed E-state index contributed by atoms with van der Waals surface area (Å²) in [5.41, 5.74) is -0.111. The van der Waals surface area contributed by atoms with Crippen molar-refractivity contribution in [2.24, 2.45) is 5.41 Å². The molecular formula is C29H33F3N6O8S. The molecular weight excluding hydrogens is 649 g/mol. The van der Waals surface area contributed by atoms with Gasteiger partial charge in [0, 0.05) is 30.4 Å². The predicted molar refractivity (Wildman–Crippen MR) is 158 cm³/mol. The predicted octanol–water partition coefficient (Wildman–Crippen LogP) is 4.25. The van der Waals surface area contributed by atoms with Gasteiger partial charge in [0.25, 0.3) is 16.3 Å². The Labute approximate surface area is 267 Å². The quantitative estimate of drug-likeness (QED) is 0.200.